The second kappa shape index (κ2) is 9.68. The van der Waals surface area contributed by atoms with Crippen molar-refractivity contribution in [2.75, 3.05) is 13.7 Å². The average Bonchev–Trinajstić information content (AvgIpc) is 3.21. The van der Waals surface area contributed by atoms with Crippen LogP contribution < -0.4 is 15.4 Å². The Balaban J connectivity index is 1.64. The molecule has 1 heterocycles. The maximum atomic E-state index is 13.8. The Kier molecular flexibility index (Phi) is 6.78. The molecule has 0 spiro atoms. The lowest BCUT2D eigenvalue weighted by atomic mass is 10.2. The molecule has 3 rings (SSSR count). The first-order valence-corrected chi connectivity index (χ1v) is 9.24. The largest absolute Gasteiger partial charge is 0.497 e. The SMILES string of the molecule is CCNC(=NCc1cc(F)ccc1F)NCc1ccn(-c2ccc(OC)cc2)n1. The molecule has 0 atom stereocenters. The van der Waals surface area contributed by atoms with E-state index >= 15 is 0 Å². The van der Waals surface area contributed by atoms with Gasteiger partial charge in [-0.25, -0.2) is 18.5 Å². The number of halogens is 2. The van der Waals surface area contributed by atoms with Crippen LogP contribution in [0.2, 0.25) is 0 Å². The zero-order valence-corrected chi connectivity index (χ0v) is 16.3. The van der Waals surface area contributed by atoms with Gasteiger partial charge in [-0.15, -0.1) is 0 Å². The summed E-state index contributed by atoms with van der Waals surface area (Å²) in [6.45, 7) is 3.02. The normalized spacial score (nSPS) is 11.4. The van der Waals surface area contributed by atoms with E-state index in [9.17, 15) is 8.78 Å². The molecule has 0 saturated carbocycles. The second-order valence-electron chi connectivity index (χ2n) is 6.23. The summed E-state index contributed by atoms with van der Waals surface area (Å²) in [6.07, 6.45) is 1.87. The quantitative estimate of drug-likeness (QED) is 0.472. The predicted molar refractivity (Wildman–Crippen MR) is 108 cm³/mol. The van der Waals surface area contributed by atoms with Crippen LogP contribution in [0.25, 0.3) is 5.69 Å². The molecule has 0 radical (unpaired) electrons. The van der Waals surface area contributed by atoms with E-state index in [1.54, 1.807) is 11.8 Å². The molecule has 0 aliphatic rings. The first kappa shape index (κ1) is 20.3. The Morgan fingerprint density at radius 2 is 1.90 bits per heavy atom. The topological polar surface area (TPSA) is 63.5 Å². The van der Waals surface area contributed by atoms with Crippen LogP contribution in [0.5, 0.6) is 5.75 Å². The monoisotopic (exact) mass is 399 g/mol. The molecule has 0 bridgehead atoms. The molecule has 1 aromatic heterocycles. The summed E-state index contributed by atoms with van der Waals surface area (Å²) in [5.74, 6) is 0.307. The lowest BCUT2D eigenvalue weighted by molar-refractivity contribution is 0.414. The molecule has 3 aromatic rings. The summed E-state index contributed by atoms with van der Waals surface area (Å²) >= 11 is 0. The molecular weight excluding hydrogens is 376 g/mol. The van der Waals surface area contributed by atoms with Gasteiger partial charge in [0, 0.05) is 18.3 Å². The van der Waals surface area contributed by atoms with Crippen molar-refractivity contribution in [1.82, 2.24) is 20.4 Å². The Morgan fingerprint density at radius 3 is 2.62 bits per heavy atom. The lowest BCUT2D eigenvalue weighted by Crippen LogP contribution is -2.36. The van der Waals surface area contributed by atoms with Crippen molar-refractivity contribution in [2.24, 2.45) is 4.99 Å². The van der Waals surface area contributed by atoms with Gasteiger partial charge >= 0.3 is 0 Å². The Morgan fingerprint density at radius 1 is 1.10 bits per heavy atom. The van der Waals surface area contributed by atoms with Gasteiger partial charge in [-0.1, -0.05) is 0 Å². The van der Waals surface area contributed by atoms with Gasteiger partial charge < -0.3 is 15.4 Å². The Bertz CT molecular complexity index is 969. The van der Waals surface area contributed by atoms with E-state index in [4.69, 9.17) is 4.74 Å². The molecule has 29 heavy (non-hydrogen) atoms. The molecule has 2 aromatic carbocycles. The standard InChI is InChI=1S/C21H23F2N5O/c1-3-24-21(25-13-15-12-16(22)4-9-20(15)23)26-14-17-10-11-28(27-17)18-5-7-19(29-2)8-6-18/h4-12H,3,13-14H2,1-2H3,(H2,24,25,26). The van der Waals surface area contributed by atoms with Gasteiger partial charge in [-0.2, -0.15) is 5.10 Å². The molecule has 0 amide bonds. The number of nitrogens with zero attached hydrogens (tertiary/aromatic N) is 3. The molecule has 0 unspecified atom stereocenters. The summed E-state index contributed by atoms with van der Waals surface area (Å²) in [4.78, 5) is 4.32. The molecular formula is C21H23F2N5O. The fraction of sp³-hybridized carbons (Fsp3) is 0.238. The van der Waals surface area contributed by atoms with Crippen LogP contribution in [0, 0.1) is 11.6 Å². The summed E-state index contributed by atoms with van der Waals surface area (Å²) in [6, 6.07) is 12.8. The summed E-state index contributed by atoms with van der Waals surface area (Å²) in [7, 11) is 1.62. The van der Waals surface area contributed by atoms with Crippen molar-refractivity contribution >= 4 is 5.96 Å². The highest BCUT2D eigenvalue weighted by Crippen LogP contribution is 2.14. The third-order valence-corrected chi connectivity index (χ3v) is 4.18. The Labute approximate surface area is 168 Å². The number of guanidine groups is 1. The smallest absolute Gasteiger partial charge is 0.191 e. The number of aromatic nitrogens is 2. The fourth-order valence-corrected chi connectivity index (χ4v) is 2.68. The van der Waals surface area contributed by atoms with Crippen LogP contribution in [0.4, 0.5) is 8.78 Å². The van der Waals surface area contributed by atoms with E-state index in [0.29, 0.717) is 19.0 Å². The zero-order chi connectivity index (χ0) is 20.6. The van der Waals surface area contributed by atoms with Crippen LogP contribution in [0.15, 0.2) is 59.7 Å². The highest BCUT2D eigenvalue weighted by atomic mass is 19.1. The van der Waals surface area contributed by atoms with E-state index in [1.165, 1.54) is 0 Å². The third kappa shape index (κ3) is 5.54. The average molecular weight is 399 g/mol. The Hall–Kier alpha value is -3.42. The molecule has 0 saturated heterocycles. The van der Waals surface area contributed by atoms with Gasteiger partial charge in [0.25, 0.3) is 0 Å². The molecule has 152 valence electrons. The number of hydrogen-bond acceptors (Lipinski definition) is 3. The van der Waals surface area contributed by atoms with Crippen molar-refractivity contribution < 1.29 is 13.5 Å². The zero-order valence-electron chi connectivity index (χ0n) is 16.3. The van der Waals surface area contributed by atoms with Gasteiger partial charge in [0.1, 0.15) is 17.4 Å². The van der Waals surface area contributed by atoms with Crippen LogP contribution in [-0.4, -0.2) is 29.4 Å². The molecule has 0 fully saturated rings. The van der Waals surface area contributed by atoms with Crippen LogP contribution in [0.1, 0.15) is 18.2 Å². The highest BCUT2D eigenvalue weighted by molar-refractivity contribution is 5.79. The number of ether oxygens (including phenoxy) is 1. The van der Waals surface area contributed by atoms with Gasteiger partial charge in [0.05, 0.1) is 31.6 Å². The molecule has 0 aliphatic heterocycles. The summed E-state index contributed by atoms with van der Waals surface area (Å²) in [5.41, 5.74) is 1.92. The second-order valence-corrected chi connectivity index (χ2v) is 6.23. The molecule has 6 nitrogen and oxygen atoms in total. The van der Waals surface area contributed by atoms with E-state index < -0.39 is 11.6 Å². The highest BCUT2D eigenvalue weighted by Gasteiger charge is 2.06. The number of nitrogens with one attached hydrogen (secondary N) is 2. The molecule has 2 N–H and O–H groups in total. The van der Waals surface area contributed by atoms with Gasteiger partial charge in [0.15, 0.2) is 5.96 Å². The third-order valence-electron chi connectivity index (χ3n) is 4.18. The summed E-state index contributed by atoms with van der Waals surface area (Å²) in [5, 5.41) is 10.8. The lowest BCUT2D eigenvalue weighted by Gasteiger charge is -2.10. The van der Waals surface area contributed by atoms with Crippen molar-refractivity contribution in [3.05, 3.63) is 77.6 Å². The maximum Gasteiger partial charge on any atom is 0.191 e. The minimum atomic E-state index is -0.487. The van der Waals surface area contributed by atoms with Crippen molar-refractivity contribution in [1.29, 1.82) is 0 Å². The van der Waals surface area contributed by atoms with E-state index in [1.807, 2.05) is 43.5 Å². The van der Waals surface area contributed by atoms with Crippen LogP contribution >= 0.6 is 0 Å². The number of rotatable bonds is 7. The minimum Gasteiger partial charge on any atom is -0.497 e. The minimum absolute atomic E-state index is 0.0270. The van der Waals surface area contributed by atoms with Gasteiger partial charge in [-0.3, -0.25) is 0 Å². The van der Waals surface area contributed by atoms with Crippen molar-refractivity contribution in [3.63, 3.8) is 0 Å². The van der Waals surface area contributed by atoms with Crippen molar-refractivity contribution in [3.8, 4) is 11.4 Å². The van der Waals surface area contributed by atoms with Crippen LogP contribution in [0.3, 0.4) is 0 Å². The van der Waals surface area contributed by atoms with Crippen molar-refractivity contribution in [2.45, 2.75) is 20.0 Å². The summed E-state index contributed by atoms with van der Waals surface area (Å²) < 4.78 is 34.0. The predicted octanol–water partition coefficient (Wildman–Crippen LogP) is 3.41. The maximum absolute atomic E-state index is 13.8. The van der Waals surface area contributed by atoms with Crippen LogP contribution in [-0.2, 0) is 13.1 Å². The first-order valence-electron chi connectivity index (χ1n) is 9.24. The molecule has 0 aliphatic carbocycles. The van der Waals surface area contributed by atoms with E-state index in [2.05, 4.69) is 20.7 Å². The molecule has 8 heteroatoms. The van der Waals surface area contributed by atoms with Gasteiger partial charge in [-0.05, 0) is 55.5 Å². The number of hydrogen-bond donors (Lipinski definition) is 2. The van der Waals surface area contributed by atoms with E-state index in [0.717, 1.165) is 35.3 Å². The van der Waals surface area contributed by atoms with E-state index in [-0.39, 0.29) is 12.1 Å². The fourth-order valence-electron chi connectivity index (χ4n) is 2.68. The first-order chi connectivity index (χ1) is 14.1. The van der Waals surface area contributed by atoms with Gasteiger partial charge in [0.2, 0.25) is 0 Å². The number of methoxy groups -OCH3 is 1. The number of benzene rings is 2. The number of aliphatic imine (C=N–C) groups is 1.